The van der Waals surface area contributed by atoms with Gasteiger partial charge in [-0.3, -0.25) is 9.78 Å². The highest BCUT2D eigenvalue weighted by atomic mass is 16.1. The van der Waals surface area contributed by atoms with Crippen LogP contribution in [0.4, 0.5) is 5.69 Å². The molecule has 1 N–H and O–H groups in total. The summed E-state index contributed by atoms with van der Waals surface area (Å²) in [5.74, 6) is -0.276. The van der Waals surface area contributed by atoms with Crippen molar-refractivity contribution in [3.8, 4) is 6.07 Å². The van der Waals surface area contributed by atoms with Crippen molar-refractivity contribution >= 4 is 24.0 Å². The minimum Gasteiger partial charge on any atom is -0.322 e. The molecule has 148 valence electrons. The number of carbonyl (C=O) groups excluding carboxylic acids is 1. The SMILES string of the molecule is C=N/N=C(\C=C/CC)c1cc(NC(=O)c2ccnc(C(C)(C)C#N)c2)ccc1C. The van der Waals surface area contributed by atoms with Crippen LogP contribution < -0.4 is 5.32 Å². The average Bonchev–Trinajstić information content (AvgIpc) is 2.72. The Kier molecular flexibility index (Phi) is 7.15. The van der Waals surface area contributed by atoms with Crippen LogP contribution in [0.1, 0.15) is 54.4 Å². The first kappa shape index (κ1) is 21.7. The monoisotopic (exact) mass is 387 g/mol. The molecule has 0 bridgehead atoms. The molecule has 2 rings (SSSR count). The molecule has 0 spiro atoms. The van der Waals surface area contributed by atoms with E-state index < -0.39 is 5.41 Å². The standard InChI is InChI=1S/C23H25N5O/c1-6-7-8-20(28-25-5)19-14-18(10-9-16(19)2)27-22(29)17-11-12-26-21(13-17)23(3,4)15-24/h7-14H,5-6H2,1-4H3,(H,27,29)/b8-7-,28-20+. The third-order valence-electron chi connectivity index (χ3n) is 4.40. The summed E-state index contributed by atoms with van der Waals surface area (Å²) in [5, 5.41) is 20.0. The van der Waals surface area contributed by atoms with E-state index in [2.05, 4.69) is 33.3 Å². The Labute approximate surface area is 171 Å². The quantitative estimate of drug-likeness (QED) is 0.546. The van der Waals surface area contributed by atoms with E-state index in [4.69, 9.17) is 0 Å². The van der Waals surface area contributed by atoms with Crippen LogP contribution >= 0.6 is 0 Å². The second-order valence-corrected chi connectivity index (χ2v) is 7.09. The Morgan fingerprint density at radius 1 is 1.34 bits per heavy atom. The zero-order chi connectivity index (χ0) is 21.4. The van der Waals surface area contributed by atoms with Gasteiger partial charge < -0.3 is 5.32 Å². The predicted octanol–water partition coefficient (Wildman–Crippen LogP) is 4.81. The van der Waals surface area contributed by atoms with Crippen molar-refractivity contribution in [3.63, 3.8) is 0 Å². The fourth-order valence-corrected chi connectivity index (χ4v) is 2.63. The number of allylic oxidation sites excluding steroid dienone is 2. The van der Waals surface area contributed by atoms with Crippen molar-refractivity contribution in [3.05, 3.63) is 71.1 Å². The van der Waals surface area contributed by atoms with Gasteiger partial charge in [-0.2, -0.15) is 15.5 Å². The van der Waals surface area contributed by atoms with E-state index in [1.165, 1.54) is 0 Å². The van der Waals surface area contributed by atoms with Crippen LogP contribution in [0.15, 0.2) is 58.9 Å². The molecule has 1 heterocycles. The number of aromatic nitrogens is 1. The molecule has 0 aliphatic carbocycles. The van der Waals surface area contributed by atoms with Gasteiger partial charge in [0.1, 0.15) is 0 Å². The number of nitriles is 1. The summed E-state index contributed by atoms with van der Waals surface area (Å²) in [7, 11) is 0. The van der Waals surface area contributed by atoms with Crippen LogP contribution in [0.2, 0.25) is 0 Å². The summed E-state index contributed by atoms with van der Waals surface area (Å²) in [4.78, 5) is 17.0. The molecule has 6 heteroatoms. The number of pyridine rings is 1. The fourth-order valence-electron chi connectivity index (χ4n) is 2.63. The topological polar surface area (TPSA) is 90.5 Å². The van der Waals surface area contributed by atoms with Crippen molar-refractivity contribution < 1.29 is 4.79 Å². The van der Waals surface area contributed by atoms with E-state index in [0.29, 0.717) is 22.7 Å². The zero-order valence-corrected chi connectivity index (χ0v) is 17.2. The number of hydrogen-bond donors (Lipinski definition) is 1. The minimum atomic E-state index is -0.776. The van der Waals surface area contributed by atoms with Gasteiger partial charge in [0, 0.05) is 29.7 Å². The molecule has 29 heavy (non-hydrogen) atoms. The van der Waals surface area contributed by atoms with Crippen molar-refractivity contribution in [2.45, 2.75) is 39.5 Å². The third-order valence-corrected chi connectivity index (χ3v) is 4.40. The van der Waals surface area contributed by atoms with Gasteiger partial charge in [0.2, 0.25) is 0 Å². The van der Waals surface area contributed by atoms with Crippen LogP contribution in [-0.4, -0.2) is 23.3 Å². The van der Waals surface area contributed by atoms with Crippen LogP contribution in [0.3, 0.4) is 0 Å². The van der Waals surface area contributed by atoms with Gasteiger partial charge in [0.05, 0.1) is 22.9 Å². The molecule has 0 unspecified atom stereocenters. The Morgan fingerprint density at radius 3 is 2.76 bits per heavy atom. The summed E-state index contributed by atoms with van der Waals surface area (Å²) >= 11 is 0. The molecule has 0 saturated carbocycles. The highest BCUT2D eigenvalue weighted by Crippen LogP contribution is 2.22. The van der Waals surface area contributed by atoms with Gasteiger partial charge in [0.25, 0.3) is 5.91 Å². The third kappa shape index (κ3) is 5.45. The maximum absolute atomic E-state index is 12.8. The molecule has 2 aromatic rings. The first-order chi connectivity index (χ1) is 13.8. The maximum Gasteiger partial charge on any atom is 0.255 e. The molecular formula is C23H25N5O. The van der Waals surface area contributed by atoms with Crippen LogP contribution in [0, 0.1) is 18.3 Å². The number of nitrogens with zero attached hydrogens (tertiary/aromatic N) is 4. The Morgan fingerprint density at radius 2 is 2.10 bits per heavy atom. The molecule has 1 amide bonds. The lowest BCUT2D eigenvalue weighted by molar-refractivity contribution is 0.102. The van der Waals surface area contributed by atoms with Crippen molar-refractivity contribution in [1.82, 2.24) is 4.98 Å². The minimum absolute atomic E-state index is 0.276. The number of carbonyl (C=O) groups is 1. The Bertz CT molecular complexity index is 1010. The van der Waals surface area contributed by atoms with Crippen molar-refractivity contribution in [1.29, 1.82) is 5.26 Å². The number of rotatable bonds is 7. The van der Waals surface area contributed by atoms with Gasteiger partial charge in [-0.25, -0.2) is 0 Å². The number of anilines is 1. The molecule has 0 aliphatic rings. The molecular weight excluding hydrogens is 362 g/mol. The van der Waals surface area contributed by atoms with E-state index in [-0.39, 0.29) is 5.91 Å². The molecule has 6 nitrogen and oxygen atoms in total. The summed E-state index contributed by atoms with van der Waals surface area (Å²) in [6.45, 7) is 11.0. The second kappa shape index (κ2) is 9.56. The van der Waals surface area contributed by atoms with E-state index in [1.54, 1.807) is 32.2 Å². The number of benzene rings is 1. The normalized spacial score (nSPS) is 11.9. The number of hydrogen-bond acceptors (Lipinski definition) is 5. The number of amides is 1. The largest absolute Gasteiger partial charge is 0.322 e. The smallest absolute Gasteiger partial charge is 0.255 e. The zero-order valence-electron chi connectivity index (χ0n) is 17.2. The molecule has 1 aromatic heterocycles. The highest BCUT2D eigenvalue weighted by Gasteiger charge is 2.22. The van der Waals surface area contributed by atoms with Gasteiger partial charge in [-0.05, 0) is 63.1 Å². The number of nitrogens with one attached hydrogen (secondary N) is 1. The second-order valence-electron chi connectivity index (χ2n) is 7.09. The number of aryl methyl sites for hydroxylation is 1. The van der Waals surface area contributed by atoms with E-state index in [9.17, 15) is 10.1 Å². The van der Waals surface area contributed by atoms with Crippen molar-refractivity contribution in [2.75, 3.05) is 5.32 Å². The maximum atomic E-state index is 12.8. The lowest BCUT2D eigenvalue weighted by Crippen LogP contribution is -2.18. The molecule has 0 saturated heterocycles. The van der Waals surface area contributed by atoms with Gasteiger partial charge in [0.15, 0.2) is 0 Å². The van der Waals surface area contributed by atoms with Gasteiger partial charge >= 0.3 is 0 Å². The summed E-state index contributed by atoms with van der Waals surface area (Å²) in [6, 6.07) is 11.1. The first-order valence-electron chi connectivity index (χ1n) is 9.32. The molecule has 0 aliphatic heterocycles. The van der Waals surface area contributed by atoms with Gasteiger partial charge in [-0.1, -0.05) is 19.1 Å². The molecule has 0 atom stereocenters. The van der Waals surface area contributed by atoms with Crippen LogP contribution in [-0.2, 0) is 5.41 Å². The average molecular weight is 387 g/mol. The van der Waals surface area contributed by atoms with E-state index in [1.807, 2.05) is 44.2 Å². The summed E-state index contributed by atoms with van der Waals surface area (Å²) < 4.78 is 0. The molecule has 0 radical (unpaired) electrons. The summed E-state index contributed by atoms with van der Waals surface area (Å²) in [6.07, 6.45) is 6.29. The van der Waals surface area contributed by atoms with Crippen LogP contribution in [0.25, 0.3) is 0 Å². The lowest BCUT2D eigenvalue weighted by Gasteiger charge is -2.15. The molecule has 1 aromatic carbocycles. The van der Waals surface area contributed by atoms with Gasteiger partial charge in [-0.15, -0.1) is 0 Å². The Balaban J connectivity index is 2.34. The van der Waals surface area contributed by atoms with E-state index >= 15 is 0 Å². The molecule has 0 fully saturated rings. The summed E-state index contributed by atoms with van der Waals surface area (Å²) in [5.41, 5.74) is 3.39. The Hall–Kier alpha value is -3.59. The van der Waals surface area contributed by atoms with Crippen molar-refractivity contribution in [2.24, 2.45) is 10.2 Å². The van der Waals surface area contributed by atoms with E-state index in [0.717, 1.165) is 17.5 Å². The first-order valence-corrected chi connectivity index (χ1v) is 9.32. The fraction of sp³-hybridized carbons (Fsp3) is 0.261. The van der Waals surface area contributed by atoms with Crippen LogP contribution in [0.5, 0.6) is 0 Å². The predicted molar refractivity (Wildman–Crippen MR) is 118 cm³/mol. The highest BCUT2D eigenvalue weighted by molar-refractivity contribution is 6.11. The lowest BCUT2D eigenvalue weighted by atomic mass is 9.90.